The lowest BCUT2D eigenvalue weighted by atomic mass is 10.0. The number of nitrogens with one attached hydrogen (secondary N) is 2. The predicted octanol–water partition coefficient (Wildman–Crippen LogP) is 3.78. The number of H-pyrrole nitrogens is 1. The molecule has 148 valence electrons. The van der Waals surface area contributed by atoms with E-state index in [0.717, 1.165) is 0 Å². The molecule has 6 nitrogen and oxygen atoms in total. The Morgan fingerprint density at radius 3 is 2.73 bits per heavy atom. The summed E-state index contributed by atoms with van der Waals surface area (Å²) in [6.07, 6.45) is 11.0. The second kappa shape index (κ2) is 8.26. The molecule has 2 amide bonds. The molecule has 1 aliphatic rings. The summed E-state index contributed by atoms with van der Waals surface area (Å²) in [6, 6.07) is 10.9. The van der Waals surface area contributed by atoms with E-state index in [9.17, 15) is 9.59 Å². The molecule has 7 heteroatoms. The van der Waals surface area contributed by atoms with Gasteiger partial charge in [0.25, 0.3) is 5.91 Å². The quantitative estimate of drug-likeness (QED) is 0.437. The Labute approximate surface area is 178 Å². The van der Waals surface area contributed by atoms with Crippen LogP contribution in [0.15, 0.2) is 72.6 Å². The molecule has 0 spiro atoms. The summed E-state index contributed by atoms with van der Waals surface area (Å²) >= 11 is 5.30. The maximum Gasteiger partial charge on any atom is 0.256 e. The number of rotatable bonds is 5. The Morgan fingerprint density at radius 1 is 1.20 bits per heavy atom. The molecule has 3 aromatic rings. The first-order valence-corrected chi connectivity index (χ1v) is 9.70. The topological polar surface area (TPSA) is 101 Å². The SMILES string of the molecule is NC(=O)C(=Cc1c[nH]c2nccc(NC(=O)C3=CC=CCC3=S)c12)c1ccccc1. The number of thiocarbonyl (C=S) groups is 1. The number of benzene rings is 1. The Balaban J connectivity index is 1.77. The number of anilines is 1. The Kier molecular flexibility index (Phi) is 5.36. The van der Waals surface area contributed by atoms with E-state index in [1.165, 1.54) is 0 Å². The van der Waals surface area contributed by atoms with Crippen molar-refractivity contribution in [3.8, 4) is 0 Å². The zero-order valence-electron chi connectivity index (χ0n) is 15.9. The van der Waals surface area contributed by atoms with Crippen LogP contribution in [-0.2, 0) is 9.59 Å². The van der Waals surface area contributed by atoms with Gasteiger partial charge in [-0.1, -0.05) is 54.7 Å². The average molecular weight is 414 g/mol. The van der Waals surface area contributed by atoms with Gasteiger partial charge in [-0.05, 0) is 23.8 Å². The van der Waals surface area contributed by atoms with Crippen LogP contribution in [0.25, 0.3) is 22.7 Å². The van der Waals surface area contributed by atoms with Crippen molar-refractivity contribution in [3.05, 3.63) is 83.7 Å². The molecule has 2 aromatic heterocycles. The summed E-state index contributed by atoms with van der Waals surface area (Å²) in [6.45, 7) is 0. The maximum absolute atomic E-state index is 12.8. The van der Waals surface area contributed by atoms with E-state index in [1.54, 1.807) is 30.6 Å². The second-order valence-electron chi connectivity index (χ2n) is 6.70. The molecule has 0 saturated heterocycles. The van der Waals surface area contributed by atoms with Crippen LogP contribution in [0.4, 0.5) is 5.69 Å². The molecule has 0 bridgehead atoms. The molecule has 0 atom stereocenters. The van der Waals surface area contributed by atoms with Crippen LogP contribution in [-0.4, -0.2) is 26.6 Å². The highest BCUT2D eigenvalue weighted by molar-refractivity contribution is 7.81. The molecular weight excluding hydrogens is 396 g/mol. The fourth-order valence-corrected chi connectivity index (χ4v) is 3.56. The monoisotopic (exact) mass is 414 g/mol. The summed E-state index contributed by atoms with van der Waals surface area (Å²) < 4.78 is 0. The number of hydrogen-bond donors (Lipinski definition) is 3. The zero-order chi connectivity index (χ0) is 21.1. The number of hydrogen-bond acceptors (Lipinski definition) is 4. The number of primary amides is 1. The second-order valence-corrected chi connectivity index (χ2v) is 7.20. The molecule has 4 rings (SSSR count). The van der Waals surface area contributed by atoms with E-state index in [-0.39, 0.29) is 5.91 Å². The van der Waals surface area contributed by atoms with Gasteiger partial charge in [-0.3, -0.25) is 9.59 Å². The fraction of sp³-hybridized carbons (Fsp3) is 0.0435. The van der Waals surface area contributed by atoms with Gasteiger partial charge in [0.05, 0.1) is 11.3 Å². The minimum atomic E-state index is -0.547. The highest BCUT2D eigenvalue weighted by Gasteiger charge is 2.18. The summed E-state index contributed by atoms with van der Waals surface area (Å²) in [5.41, 5.74) is 8.99. The first kappa shape index (κ1) is 19.5. The Bertz CT molecular complexity index is 1250. The van der Waals surface area contributed by atoms with Gasteiger partial charge < -0.3 is 16.0 Å². The van der Waals surface area contributed by atoms with Crippen molar-refractivity contribution < 1.29 is 9.59 Å². The number of fused-ring (bicyclic) bond motifs is 1. The third kappa shape index (κ3) is 3.83. The number of carbonyl (C=O) groups excluding carboxylic acids is 2. The van der Waals surface area contributed by atoms with Crippen LogP contribution in [0.3, 0.4) is 0 Å². The van der Waals surface area contributed by atoms with Crippen LogP contribution >= 0.6 is 12.2 Å². The smallest absolute Gasteiger partial charge is 0.256 e. The molecule has 30 heavy (non-hydrogen) atoms. The molecular formula is C23H18N4O2S. The van der Waals surface area contributed by atoms with Gasteiger partial charge in [0, 0.05) is 40.2 Å². The van der Waals surface area contributed by atoms with Crippen LogP contribution in [0.2, 0.25) is 0 Å². The summed E-state index contributed by atoms with van der Waals surface area (Å²) in [7, 11) is 0. The summed E-state index contributed by atoms with van der Waals surface area (Å²) in [5.74, 6) is -0.833. The lowest BCUT2D eigenvalue weighted by Crippen LogP contribution is -2.20. The number of nitrogens with two attached hydrogens (primary N) is 1. The normalized spacial score (nSPS) is 13.9. The molecule has 4 N–H and O–H groups in total. The molecule has 0 radical (unpaired) electrons. The van der Waals surface area contributed by atoms with Gasteiger partial charge in [0.15, 0.2) is 0 Å². The number of nitrogens with zero attached hydrogens (tertiary/aromatic N) is 1. The molecule has 0 saturated carbocycles. The fourth-order valence-electron chi connectivity index (χ4n) is 3.30. The predicted molar refractivity (Wildman–Crippen MR) is 123 cm³/mol. The highest BCUT2D eigenvalue weighted by Crippen LogP contribution is 2.29. The van der Waals surface area contributed by atoms with Gasteiger partial charge in [-0.15, -0.1) is 0 Å². The first-order valence-electron chi connectivity index (χ1n) is 9.29. The van der Waals surface area contributed by atoms with E-state index in [0.29, 0.717) is 50.3 Å². The average Bonchev–Trinajstić information content (AvgIpc) is 3.16. The van der Waals surface area contributed by atoms with Crippen molar-refractivity contribution in [1.29, 1.82) is 0 Å². The minimum absolute atomic E-state index is 0.286. The number of aromatic amines is 1. The van der Waals surface area contributed by atoms with Gasteiger partial charge >= 0.3 is 0 Å². The lowest BCUT2D eigenvalue weighted by Gasteiger charge is -2.12. The van der Waals surface area contributed by atoms with Crippen LogP contribution in [0.1, 0.15) is 17.5 Å². The van der Waals surface area contributed by atoms with Gasteiger partial charge in [-0.25, -0.2) is 4.98 Å². The van der Waals surface area contributed by atoms with Gasteiger partial charge in [-0.2, -0.15) is 0 Å². The van der Waals surface area contributed by atoms with Crippen LogP contribution < -0.4 is 11.1 Å². The first-order chi connectivity index (χ1) is 14.5. The highest BCUT2D eigenvalue weighted by atomic mass is 32.1. The number of carbonyl (C=O) groups is 2. The molecule has 0 fully saturated rings. The molecule has 1 aromatic carbocycles. The van der Waals surface area contributed by atoms with Gasteiger partial charge in [0.2, 0.25) is 5.91 Å². The summed E-state index contributed by atoms with van der Waals surface area (Å²) in [4.78, 5) is 32.9. The lowest BCUT2D eigenvalue weighted by molar-refractivity contribution is -0.113. The molecule has 0 aliphatic heterocycles. The van der Waals surface area contributed by atoms with E-state index in [2.05, 4.69) is 15.3 Å². The van der Waals surface area contributed by atoms with Crippen molar-refractivity contribution in [3.63, 3.8) is 0 Å². The van der Waals surface area contributed by atoms with Crippen molar-refractivity contribution in [2.24, 2.45) is 5.73 Å². The number of aromatic nitrogens is 2. The van der Waals surface area contributed by atoms with Gasteiger partial charge in [0.1, 0.15) is 5.65 Å². The minimum Gasteiger partial charge on any atom is -0.366 e. The maximum atomic E-state index is 12.8. The van der Waals surface area contributed by atoms with Crippen molar-refractivity contribution in [1.82, 2.24) is 9.97 Å². The van der Waals surface area contributed by atoms with E-state index < -0.39 is 5.91 Å². The van der Waals surface area contributed by atoms with Crippen molar-refractivity contribution in [2.75, 3.05) is 5.32 Å². The third-order valence-electron chi connectivity index (χ3n) is 4.75. The largest absolute Gasteiger partial charge is 0.366 e. The summed E-state index contributed by atoms with van der Waals surface area (Å²) in [5, 5.41) is 3.60. The van der Waals surface area contributed by atoms with Crippen LogP contribution in [0, 0.1) is 0 Å². The zero-order valence-corrected chi connectivity index (χ0v) is 16.7. The standard InChI is InChI=1S/C23H18N4O2S/c24-21(28)17(14-6-2-1-3-7-14)12-15-13-26-22-20(15)18(10-11-25-22)27-23(29)16-8-4-5-9-19(16)30/h1-8,10-13H,9H2,(H2,24,28)(H2,25,26,27,29). The number of allylic oxidation sites excluding steroid dienone is 3. The van der Waals surface area contributed by atoms with E-state index in [1.807, 2.05) is 42.5 Å². The van der Waals surface area contributed by atoms with Crippen molar-refractivity contribution in [2.45, 2.75) is 6.42 Å². The molecule has 0 unspecified atom stereocenters. The Hall–Kier alpha value is -3.84. The van der Waals surface area contributed by atoms with E-state index in [4.69, 9.17) is 18.0 Å². The van der Waals surface area contributed by atoms with Crippen LogP contribution in [0.5, 0.6) is 0 Å². The number of pyridine rings is 1. The third-order valence-corrected chi connectivity index (χ3v) is 5.14. The molecule has 1 aliphatic carbocycles. The number of amides is 2. The molecule has 2 heterocycles. The van der Waals surface area contributed by atoms with Crippen molar-refractivity contribution >= 4 is 57.3 Å². The van der Waals surface area contributed by atoms with E-state index >= 15 is 0 Å². The Morgan fingerprint density at radius 2 is 2.00 bits per heavy atom.